The molecule has 0 bridgehead atoms. The number of hydrogen-bond donors (Lipinski definition) is 0. The Morgan fingerprint density at radius 2 is 2.28 bits per heavy atom. The third-order valence-electron chi connectivity index (χ3n) is 3.32. The van der Waals surface area contributed by atoms with Gasteiger partial charge in [-0.05, 0) is 25.5 Å². The molecule has 0 unspecified atom stereocenters. The van der Waals surface area contributed by atoms with E-state index in [4.69, 9.17) is 9.47 Å². The first-order chi connectivity index (χ1) is 8.74. The van der Waals surface area contributed by atoms with Gasteiger partial charge in [0.2, 0.25) is 0 Å². The lowest BCUT2D eigenvalue weighted by atomic mass is 10.2. The van der Waals surface area contributed by atoms with Crippen molar-refractivity contribution < 1.29 is 9.47 Å². The molecule has 0 N–H and O–H groups in total. The van der Waals surface area contributed by atoms with Gasteiger partial charge in [0.15, 0.2) is 0 Å². The van der Waals surface area contributed by atoms with Crippen molar-refractivity contribution in [3.05, 3.63) is 28.2 Å². The number of ether oxygens (including phenoxy) is 2. The second-order valence-electron chi connectivity index (χ2n) is 4.53. The Morgan fingerprint density at radius 3 is 2.94 bits per heavy atom. The van der Waals surface area contributed by atoms with E-state index in [0.29, 0.717) is 12.7 Å². The summed E-state index contributed by atoms with van der Waals surface area (Å²) < 4.78 is 12.2. The van der Waals surface area contributed by atoms with Crippen molar-refractivity contribution in [3.8, 4) is 5.75 Å². The summed E-state index contributed by atoms with van der Waals surface area (Å²) in [5, 5.41) is 0. The molecule has 0 amide bonds. The van der Waals surface area contributed by atoms with Crippen LogP contribution in [0.4, 0.5) is 0 Å². The van der Waals surface area contributed by atoms with Gasteiger partial charge in [0.05, 0.1) is 12.7 Å². The number of rotatable bonds is 5. The summed E-state index contributed by atoms with van der Waals surface area (Å²) in [5.74, 6) is 0.979. The second-order valence-corrected chi connectivity index (χ2v) is 5.39. The highest BCUT2D eigenvalue weighted by atomic mass is 79.9. The molecule has 1 aromatic rings. The first kappa shape index (κ1) is 13.8. The molecule has 1 aliphatic heterocycles. The van der Waals surface area contributed by atoms with E-state index in [9.17, 15) is 0 Å². The molecule has 1 saturated heterocycles. The van der Waals surface area contributed by atoms with Crippen LogP contribution in [0.25, 0.3) is 0 Å². The topological polar surface area (TPSA) is 21.7 Å². The van der Waals surface area contributed by atoms with Crippen LogP contribution in [-0.2, 0) is 11.3 Å². The molecule has 3 nitrogen and oxygen atoms in total. The fourth-order valence-corrected chi connectivity index (χ4v) is 2.81. The van der Waals surface area contributed by atoms with E-state index >= 15 is 0 Å². The summed E-state index contributed by atoms with van der Waals surface area (Å²) in [5.41, 5.74) is 1.23. The Hall–Kier alpha value is -0.580. The summed E-state index contributed by atoms with van der Waals surface area (Å²) in [6.45, 7) is 5.72. The van der Waals surface area contributed by atoms with Crippen molar-refractivity contribution in [2.45, 2.75) is 26.0 Å². The Kier molecular flexibility index (Phi) is 5.03. The maximum atomic E-state index is 5.69. The van der Waals surface area contributed by atoms with E-state index in [1.165, 1.54) is 5.56 Å². The largest absolute Gasteiger partial charge is 0.494 e. The third kappa shape index (κ3) is 3.25. The minimum Gasteiger partial charge on any atom is -0.494 e. The predicted molar refractivity (Wildman–Crippen MR) is 76.0 cm³/mol. The van der Waals surface area contributed by atoms with Crippen LogP contribution in [0.15, 0.2) is 22.7 Å². The Bertz CT molecular complexity index is 397. The van der Waals surface area contributed by atoms with Gasteiger partial charge >= 0.3 is 0 Å². The minimum absolute atomic E-state index is 0.378. The first-order valence-corrected chi connectivity index (χ1v) is 7.19. The average Bonchev–Trinajstić information content (AvgIpc) is 2.82. The van der Waals surface area contributed by atoms with Crippen LogP contribution < -0.4 is 4.74 Å². The van der Waals surface area contributed by atoms with Gasteiger partial charge < -0.3 is 9.47 Å². The molecule has 0 aromatic heterocycles. The number of hydrogen-bond acceptors (Lipinski definition) is 3. The van der Waals surface area contributed by atoms with Gasteiger partial charge in [-0.15, -0.1) is 0 Å². The van der Waals surface area contributed by atoms with Crippen LogP contribution in [0.1, 0.15) is 18.9 Å². The van der Waals surface area contributed by atoms with Gasteiger partial charge in [0.25, 0.3) is 0 Å². The number of benzene rings is 1. The zero-order chi connectivity index (χ0) is 13.0. The number of halogens is 1. The van der Waals surface area contributed by atoms with E-state index in [1.54, 1.807) is 7.11 Å². The maximum absolute atomic E-state index is 5.69. The standard InChI is InChI=1S/C14H20BrNO2/c1-3-18-14-6-4-5-13(15)12(14)10-16-8-7-11(9-16)17-2/h4-6,11H,3,7-10H2,1-2H3/t11-/m1/s1. The normalized spacial score (nSPS) is 20.3. The Balaban J connectivity index is 2.08. The summed E-state index contributed by atoms with van der Waals surface area (Å²) in [7, 11) is 1.79. The molecule has 100 valence electrons. The molecular weight excluding hydrogens is 294 g/mol. The lowest BCUT2D eigenvalue weighted by Gasteiger charge is -2.19. The summed E-state index contributed by atoms with van der Waals surface area (Å²) in [4.78, 5) is 2.41. The van der Waals surface area contributed by atoms with Crippen molar-refractivity contribution in [1.29, 1.82) is 0 Å². The number of likely N-dealkylation sites (tertiary alicyclic amines) is 1. The van der Waals surface area contributed by atoms with E-state index in [-0.39, 0.29) is 0 Å². The molecule has 0 spiro atoms. The van der Waals surface area contributed by atoms with Gasteiger partial charge in [-0.25, -0.2) is 0 Å². The molecule has 4 heteroatoms. The van der Waals surface area contributed by atoms with Gasteiger partial charge in [0, 0.05) is 36.8 Å². The van der Waals surface area contributed by atoms with Crippen molar-refractivity contribution >= 4 is 15.9 Å². The molecule has 0 aliphatic carbocycles. The molecule has 1 fully saturated rings. The molecular formula is C14H20BrNO2. The molecule has 1 aliphatic rings. The van der Waals surface area contributed by atoms with Crippen molar-refractivity contribution in [2.75, 3.05) is 26.8 Å². The molecule has 0 radical (unpaired) electrons. The zero-order valence-corrected chi connectivity index (χ0v) is 12.6. The third-order valence-corrected chi connectivity index (χ3v) is 4.06. The van der Waals surface area contributed by atoms with Crippen LogP contribution in [-0.4, -0.2) is 37.8 Å². The van der Waals surface area contributed by atoms with Gasteiger partial charge in [-0.2, -0.15) is 0 Å². The molecule has 2 rings (SSSR count). The lowest BCUT2D eigenvalue weighted by molar-refractivity contribution is 0.107. The molecule has 1 heterocycles. The quantitative estimate of drug-likeness (QED) is 0.834. The molecule has 1 atom stereocenters. The van der Waals surface area contributed by atoms with Crippen LogP contribution in [0.3, 0.4) is 0 Å². The average molecular weight is 314 g/mol. The molecule has 18 heavy (non-hydrogen) atoms. The van der Waals surface area contributed by atoms with E-state index in [0.717, 1.165) is 36.3 Å². The van der Waals surface area contributed by atoms with E-state index in [2.05, 4.69) is 26.9 Å². The van der Waals surface area contributed by atoms with Crippen molar-refractivity contribution in [3.63, 3.8) is 0 Å². The second kappa shape index (κ2) is 6.55. The minimum atomic E-state index is 0.378. The highest BCUT2D eigenvalue weighted by Crippen LogP contribution is 2.29. The Labute approximate surface area is 117 Å². The van der Waals surface area contributed by atoms with Gasteiger partial charge in [-0.3, -0.25) is 4.90 Å². The summed E-state index contributed by atoms with van der Waals surface area (Å²) in [6.07, 6.45) is 1.49. The number of nitrogens with zero attached hydrogens (tertiary/aromatic N) is 1. The summed E-state index contributed by atoms with van der Waals surface area (Å²) in [6, 6.07) is 6.12. The molecule has 0 saturated carbocycles. The highest BCUT2D eigenvalue weighted by Gasteiger charge is 2.23. The van der Waals surface area contributed by atoms with Crippen LogP contribution in [0.5, 0.6) is 5.75 Å². The zero-order valence-electron chi connectivity index (χ0n) is 11.0. The predicted octanol–water partition coefficient (Wildman–Crippen LogP) is 3.07. The van der Waals surface area contributed by atoms with Crippen molar-refractivity contribution in [2.24, 2.45) is 0 Å². The maximum Gasteiger partial charge on any atom is 0.124 e. The fraction of sp³-hybridized carbons (Fsp3) is 0.571. The fourth-order valence-electron chi connectivity index (χ4n) is 2.34. The lowest BCUT2D eigenvalue weighted by Crippen LogP contribution is -2.23. The Morgan fingerprint density at radius 1 is 1.44 bits per heavy atom. The molecule has 1 aromatic carbocycles. The SMILES string of the molecule is CCOc1cccc(Br)c1CN1CC[C@@H](OC)C1. The highest BCUT2D eigenvalue weighted by molar-refractivity contribution is 9.10. The summed E-state index contributed by atoms with van der Waals surface area (Å²) >= 11 is 3.62. The van der Waals surface area contributed by atoms with E-state index in [1.807, 2.05) is 19.1 Å². The van der Waals surface area contributed by atoms with Gasteiger partial charge in [-0.1, -0.05) is 22.0 Å². The van der Waals surface area contributed by atoms with Crippen LogP contribution in [0.2, 0.25) is 0 Å². The van der Waals surface area contributed by atoms with E-state index < -0.39 is 0 Å². The van der Waals surface area contributed by atoms with Crippen LogP contribution >= 0.6 is 15.9 Å². The number of methoxy groups -OCH3 is 1. The van der Waals surface area contributed by atoms with Gasteiger partial charge in [0.1, 0.15) is 5.75 Å². The monoisotopic (exact) mass is 313 g/mol. The smallest absolute Gasteiger partial charge is 0.124 e. The van der Waals surface area contributed by atoms with Crippen molar-refractivity contribution in [1.82, 2.24) is 4.90 Å². The first-order valence-electron chi connectivity index (χ1n) is 6.40. The van der Waals surface area contributed by atoms with Crippen LogP contribution in [0, 0.1) is 0 Å².